The van der Waals surface area contributed by atoms with Crippen LogP contribution in [0.3, 0.4) is 0 Å². The first-order valence-corrected chi connectivity index (χ1v) is 10.4. The number of rotatable bonds is 5. The van der Waals surface area contributed by atoms with E-state index in [-0.39, 0.29) is 22.3 Å². The normalized spacial score (nSPS) is 11.4. The van der Waals surface area contributed by atoms with Crippen molar-refractivity contribution in [1.82, 2.24) is 15.0 Å². The molecular formula is C21H16F3N5O3S. The largest absolute Gasteiger partial charge is 0.573 e. The smallest absolute Gasteiger partial charge is 0.405 e. The summed E-state index contributed by atoms with van der Waals surface area (Å²) in [5.74, 6) is -1.84. The number of amides is 2. The second-order valence-electron chi connectivity index (χ2n) is 7.03. The second kappa shape index (κ2) is 8.54. The molecule has 2 aromatic carbocycles. The number of nitrogens with one attached hydrogen (secondary N) is 3. The Bertz CT molecular complexity index is 1320. The van der Waals surface area contributed by atoms with E-state index in [1.807, 2.05) is 26.0 Å². The van der Waals surface area contributed by atoms with E-state index in [1.54, 1.807) is 0 Å². The maximum atomic E-state index is 12.6. The summed E-state index contributed by atoms with van der Waals surface area (Å²) < 4.78 is 41.6. The summed E-state index contributed by atoms with van der Waals surface area (Å²) in [6, 6.07) is 8.74. The Morgan fingerprint density at radius 3 is 2.52 bits per heavy atom. The van der Waals surface area contributed by atoms with Gasteiger partial charge in [-0.2, -0.15) is 0 Å². The lowest BCUT2D eigenvalue weighted by Gasteiger charge is -2.12. The van der Waals surface area contributed by atoms with E-state index in [0.717, 1.165) is 34.0 Å². The highest BCUT2D eigenvalue weighted by Gasteiger charge is 2.33. The zero-order chi connectivity index (χ0) is 23.8. The lowest BCUT2D eigenvalue weighted by Crippen LogP contribution is -2.21. The predicted molar refractivity (Wildman–Crippen MR) is 117 cm³/mol. The molecule has 0 atom stereocenters. The predicted octanol–water partition coefficient (Wildman–Crippen LogP) is 5.04. The molecule has 0 radical (unpaired) electrons. The summed E-state index contributed by atoms with van der Waals surface area (Å²) in [5, 5.41) is 6.41. The van der Waals surface area contributed by atoms with Crippen LogP contribution in [0.1, 0.15) is 32.0 Å². The number of ether oxygens (including phenoxy) is 1. The molecule has 3 N–H and O–H groups in total. The number of para-hydroxylation sites is 1. The number of aryl methyl sites for hydroxylation is 2. The van der Waals surface area contributed by atoms with Crippen molar-refractivity contribution in [2.45, 2.75) is 20.2 Å². The topological polar surface area (TPSA) is 109 Å². The van der Waals surface area contributed by atoms with Crippen LogP contribution in [-0.2, 0) is 0 Å². The average molecular weight is 475 g/mol. The number of H-pyrrole nitrogens is 1. The Hall–Kier alpha value is -3.93. The third kappa shape index (κ3) is 5.12. The van der Waals surface area contributed by atoms with Crippen molar-refractivity contribution in [1.29, 1.82) is 0 Å². The summed E-state index contributed by atoms with van der Waals surface area (Å²) in [6.07, 6.45) is -4.95. The molecule has 0 fully saturated rings. The average Bonchev–Trinajstić information content (AvgIpc) is 3.34. The quantitative estimate of drug-likeness (QED) is 0.375. The molecule has 2 amide bonds. The number of nitrogens with zero attached hydrogens (tertiary/aromatic N) is 2. The molecule has 0 bridgehead atoms. The molecule has 8 nitrogen and oxygen atoms in total. The number of carbonyl (C=O) groups excluding carboxylic acids is 2. The van der Waals surface area contributed by atoms with E-state index in [4.69, 9.17) is 0 Å². The highest BCUT2D eigenvalue weighted by atomic mass is 32.1. The SMILES string of the molecule is Cc1cc2nc(NC(=O)c3csc(NC(=O)c4ccccc4OC(F)(F)F)n3)[nH]c2cc1C. The number of benzene rings is 2. The van der Waals surface area contributed by atoms with Gasteiger partial charge in [-0.05, 0) is 49.2 Å². The summed E-state index contributed by atoms with van der Waals surface area (Å²) in [6.45, 7) is 3.92. The van der Waals surface area contributed by atoms with Gasteiger partial charge in [0.1, 0.15) is 11.4 Å². The van der Waals surface area contributed by atoms with E-state index in [9.17, 15) is 22.8 Å². The monoisotopic (exact) mass is 475 g/mol. The van der Waals surface area contributed by atoms with Gasteiger partial charge in [0, 0.05) is 5.38 Å². The number of alkyl halides is 3. The number of carbonyl (C=O) groups is 2. The second-order valence-corrected chi connectivity index (χ2v) is 7.89. The molecule has 33 heavy (non-hydrogen) atoms. The number of aromatic nitrogens is 3. The summed E-state index contributed by atoms with van der Waals surface area (Å²) in [5.41, 5.74) is 3.27. The van der Waals surface area contributed by atoms with Gasteiger partial charge in [-0.15, -0.1) is 24.5 Å². The van der Waals surface area contributed by atoms with Gasteiger partial charge >= 0.3 is 6.36 Å². The molecular weight excluding hydrogens is 459 g/mol. The van der Waals surface area contributed by atoms with Crippen LogP contribution < -0.4 is 15.4 Å². The van der Waals surface area contributed by atoms with Crippen LogP contribution in [0.5, 0.6) is 5.75 Å². The molecule has 4 rings (SSSR count). The molecule has 2 heterocycles. The zero-order valence-corrected chi connectivity index (χ0v) is 18.0. The van der Waals surface area contributed by atoms with Crippen LogP contribution in [0, 0.1) is 13.8 Å². The number of hydrogen-bond donors (Lipinski definition) is 3. The van der Waals surface area contributed by atoms with E-state index < -0.39 is 23.9 Å². The minimum absolute atomic E-state index is 0.00273. The van der Waals surface area contributed by atoms with Crippen LogP contribution in [-0.4, -0.2) is 33.1 Å². The van der Waals surface area contributed by atoms with Crippen molar-refractivity contribution in [3.8, 4) is 5.75 Å². The summed E-state index contributed by atoms with van der Waals surface area (Å²) >= 11 is 0.942. The molecule has 12 heteroatoms. The lowest BCUT2D eigenvalue weighted by atomic mass is 10.1. The zero-order valence-electron chi connectivity index (χ0n) is 17.2. The first-order valence-electron chi connectivity index (χ1n) is 9.49. The van der Waals surface area contributed by atoms with Gasteiger partial charge < -0.3 is 9.72 Å². The number of aromatic amines is 1. The molecule has 0 saturated heterocycles. The molecule has 0 aliphatic carbocycles. The highest BCUT2D eigenvalue weighted by molar-refractivity contribution is 7.14. The van der Waals surface area contributed by atoms with E-state index in [0.29, 0.717) is 5.52 Å². The van der Waals surface area contributed by atoms with Crippen molar-refractivity contribution < 1.29 is 27.5 Å². The fourth-order valence-corrected chi connectivity index (χ4v) is 3.65. The van der Waals surface area contributed by atoms with Crippen molar-refractivity contribution in [2.24, 2.45) is 0 Å². The minimum Gasteiger partial charge on any atom is -0.405 e. The van der Waals surface area contributed by atoms with Gasteiger partial charge in [-0.25, -0.2) is 9.97 Å². The van der Waals surface area contributed by atoms with Crippen molar-refractivity contribution >= 4 is 45.3 Å². The van der Waals surface area contributed by atoms with Gasteiger partial charge in [0.25, 0.3) is 11.8 Å². The molecule has 170 valence electrons. The standard InChI is InChI=1S/C21H16F3N5O3S/c1-10-7-13-14(8-11(10)2)26-19(25-13)28-18(31)15-9-33-20(27-15)29-17(30)12-5-3-4-6-16(12)32-21(22,23)24/h3-9H,1-2H3,(H,27,29,30)(H2,25,26,28,31). The molecule has 4 aromatic rings. The lowest BCUT2D eigenvalue weighted by molar-refractivity contribution is -0.274. The molecule has 0 spiro atoms. The Morgan fingerprint density at radius 1 is 1.03 bits per heavy atom. The Labute approximate surface area is 188 Å². The third-order valence-electron chi connectivity index (χ3n) is 4.64. The number of halogens is 3. The van der Waals surface area contributed by atoms with Gasteiger partial charge in [-0.1, -0.05) is 12.1 Å². The molecule has 0 saturated carbocycles. The molecule has 2 aromatic heterocycles. The third-order valence-corrected chi connectivity index (χ3v) is 5.40. The maximum Gasteiger partial charge on any atom is 0.573 e. The highest BCUT2D eigenvalue weighted by Crippen LogP contribution is 2.27. The number of fused-ring (bicyclic) bond motifs is 1. The van der Waals surface area contributed by atoms with E-state index in [1.165, 1.54) is 23.6 Å². The van der Waals surface area contributed by atoms with Crippen molar-refractivity contribution in [3.05, 3.63) is 64.2 Å². The number of imidazole rings is 1. The summed E-state index contributed by atoms with van der Waals surface area (Å²) in [4.78, 5) is 36.3. The first-order chi connectivity index (χ1) is 15.6. The van der Waals surface area contributed by atoms with Crippen LogP contribution in [0.4, 0.5) is 24.3 Å². The van der Waals surface area contributed by atoms with Gasteiger partial charge in [-0.3, -0.25) is 20.2 Å². The van der Waals surface area contributed by atoms with Crippen LogP contribution in [0.15, 0.2) is 41.8 Å². The van der Waals surface area contributed by atoms with Crippen LogP contribution >= 0.6 is 11.3 Å². The minimum atomic E-state index is -4.95. The first kappa shape index (κ1) is 22.3. The summed E-state index contributed by atoms with van der Waals surface area (Å²) in [7, 11) is 0. The number of hydrogen-bond acceptors (Lipinski definition) is 6. The molecule has 0 aliphatic heterocycles. The molecule has 0 aliphatic rings. The fraction of sp³-hybridized carbons (Fsp3) is 0.143. The fourth-order valence-electron chi connectivity index (χ4n) is 2.97. The number of anilines is 2. The number of thiazole rings is 1. The van der Waals surface area contributed by atoms with Crippen LogP contribution in [0.2, 0.25) is 0 Å². The van der Waals surface area contributed by atoms with Gasteiger partial charge in [0.05, 0.1) is 16.6 Å². The van der Waals surface area contributed by atoms with Crippen molar-refractivity contribution in [3.63, 3.8) is 0 Å². The van der Waals surface area contributed by atoms with Crippen LogP contribution in [0.25, 0.3) is 11.0 Å². The van der Waals surface area contributed by atoms with Crippen molar-refractivity contribution in [2.75, 3.05) is 10.6 Å². The van der Waals surface area contributed by atoms with E-state index in [2.05, 4.69) is 30.3 Å². The maximum absolute atomic E-state index is 12.6. The van der Waals surface area contributed by atoms with E-state index >= 15 is 0 Å². The van der Waals surface area contributed by atoms with Gasteiger partial charge in [0.15, 0.2) is 5.13 Å². The Morgan fingerprint density at radius 2 is 1.76 bits per heavy atom. The molecule has 0 unspecified atom stereocenters. The Kier molecular flexibility index (Phi) is 5.77. The Balaban J connectivity index is 1.46. The van der Waals surface area contributed by atoms with Gasteiger partial charge in [0.2, 0.25) is 5.95 Å².